The van der Waals surface area contributed by atoms with Crippen LogP contribution in [0.4, 0.5) is 5.69 Å². The zero-order valence-corrected chi connectivity index (χ0v) is 13.7. The lowest BCUT2D eigenvalue weighted by molar-refractivity contribution is -0.117. The van der Waals surface area contributed by atoms with Gasteiger partial charge in [-0.25, -0.2) is 0 Å². The Bertz CT molecular complexity index is 457. The summed E-state index contributed by atoms with van der Waals surface area (Å²) in [5.74, 6) is 0.668. The van der Waals surface area contributed by atoms with Crippen LogP contribution in [0.5, 0.6) is 0 Å². The Hall–Kier alpha value is -1.10. The van der Waals surface area contributed by atoms with Crippen LogP contribution < -0.4 is 11.1 Å². The molecule has 1 fully saturated rings. The average Bonchev–Trinajstić information content (AvgIpc) is 2.39. The fraction of sp³-hybridized carbons (Fsp3) is 0.562. The first-order chi connectivity index (χ1) is 9.54. The molecule has 0 bridgehead atoms. The minimum absolute atomic E-state index is 0. The number of rotatable bonds is 4. The number of halogens is 1. The van der Waals surface area contributed by atoms with Crippen molar-refractivity contribution in [2.45, 2.75) is 32.7 Å². The number of piperidine rings is 1. The quantitative estimate of drug-likeness (QED) is 0.898. The number of anilines is 1. The summed E-state index contributed by atoms with van der Waals surface area (Å²) in [6, 6.07) is 8.15. The van der Waals surface area contributed by atoms with Crippen molar-refractivity contribution < 1.29 is 4.79 Å². The van der Waals surface area contributed by atoms with Crippen LogP contribution in [0, 0.1) is 12.8 Å². The van der Waals surface area contributed by atoms with Crippen molar-refractivity contribution in [2.24, 2.45) is 11.7 Å². The van der Waals surface area contributed by atoms with Gasteiger partial charge in [0.05, 0.1) is 6.54 Å². The number of carbonyl (C=O) groups is 1. The van der Waals surface area contributed by atoms with Gasteiger partial charge in [0.2, 0.25) is 5.91 Å². The molecule has 118 valence electrons. The number of nitrogens with zero attached hydrogens (tertiary/aromatic N) is 1. The summed E-state index contributed by atoms with van der Waals surface area (Å²) in [6.07, 6.45) is 2.19. The molecule has 0 aromatic heterocycles. The topological polar surface area (TPSA) is 58.4 Å². The standard InChI is InChI=1S/C16H25N3O.ClH/c1-12-4-3-5-15(10-12)18-16(20)11-19-8-6-14(7-9-19)13(2)17;/h3-5,10,13-14H,6-9,11,17H2,1-2H3,(H,18,20);1H. The fourth-order valence-electron chi connectivity index (χ4n) is 2.76. The lowest BCUT2D eigenvalue weighted by Gasteiger charge is -2.33. The molecule has 1 heterocycles. The van der Waals surface area contributed by atoms with E-state index in [0.29, 0.717) is 12.5 Å². The van der Waals surface area contributed by atoms with Crippen molar-refractivity contribution in [3.8, 4) is 0 Å². The highest BCUT2D eigenvalue weighted by molar-refractivity contribution is 5.92. The molecule has 3 N–H and O–H groups in total. The molecule has 1 aromatic carbocycles. The molecule has 0 radical (unpaired) electrons. The summed E-state index contributed by atoms with van der Waals surface area (Å²) in [4.78, 5) is 14.2. The molecule has 1 aliphatic heterocycles. The lowest BCUT2D eigenvalue weighted by atomic mass is 9.91. The molecule has 1 amide bonds. The van der Waals surface area contributed by atoms with Gasteiger partial charge in [0.15, 0.2) is 0 Å². The van der Waals surface area contributed by atoms with E-state index in [9.17, 15) is 4.79 Å². The molecule has 1 aromatic rings. The molecular formula is C16H26ClN3O. The molecule has 1 saturated heterocycles. The zero-order valence-electron chi connectivity index (χ0n) is 12.8. The van der Waals surface area contributed by atoms with Crippen LogP contribution in [0.15, 0.2) is 24.3 Å². The second-order valence-electron chi connectivity index (χ2n) is 5.89. The van der Waals surface area contributed by atoms with Gasteiger partial charge in [-0.05, 0) is 63.4 Å². The van der Waals surface area contributed by atoms with Crippen LogP contribution in [0.2, 0.25) is 0 Å². The highest BCUT2D eigenvalue weighted by Crippen LogP contribution is 2.19. The van der Waals surface area contributed by atoms with E-state index in [1.807, 2.05) is 31.2 Å². The van der Waals surface area contributed by atoms with E-state index in [4.69, 9.17) is 5.73 Å². The number of nitrogens with one attached hydrogen (secondary N) is 1. The first-order valence-corrected chi connectivity index (χ1v) is 7.39. The molecule has 0 aliphatic carbocycles. The normalized spacial score (nSPS) is 17.9. The average molecular weight is 312 g/mol. The lowest BCUT2D eigenvalue weighted by Crippen LogP contribution is -2.42. The first kappa shape index (κ1) is 18.0. The van der Waals surface area contributed by atoms with Gasteiger partial charge >= 0.3 is 0 Å². The van der Waals surface area contributed by atoms with Crippen molar-refractivity contribution in [3.63, 3.8) is 0 Å². The Kier molecular flexibility index (Phi) is 7.15. The summed E-state index contributed by atoms with van der Waals surface area (Å²) in [6.45, 7) is 6.50. The monoisotopic (exact) mass is 311 g/mol. The molecule has 2 rings (SSSR count). The van der Waals surface area contributed by atoms with E-state index in [1.165, 1.54) is 0 Å². The number of hydrogen-bond acceptors (Lipinski definition) is 3. The molecular weight excluding hydrogens is 286 g/mol. The van der Waals surface area contributed by atoms with Crippen molar-refractivity contribution >= 4 is 24.0 Å². The summed E-state index contributed by atoms with van der Waals surface area (Å²) in [7, 11) is 0. The van der Waals surface area contributed by atoms with Crippen LogP contribution in [0.1, 0.15) is 25.3 Å². The fourth-order valence-corrected chi connectivity index (χ4v) is 2.76. The van der Waals surface area contributed by atoms with E-state index in [0.717, 1.165) is 37.2 Å². The van der Waals surface area contributed by atoms with Crippen molar-refractivity contribution in [3.05, 3.63) is 29.8 Å². The third-order valence-electron chi connectivity index (χ3n) is 4.04. The van der Waals surface area contributed by atoms with Gasteiger partial charge in [0, 0.05) is 11.7 Å². The third-order valence-corrected chi connectivity index (χ3v) is 4.04. The Morgan fingerprint density at radius 1 is 1.43 bits per heavy atom. The summed E-state index contributed by atoms with van der Waals surface area (Å²) in [5, 5.41) is 2.96. The molecule has 1 aliphatic rings. The second-order valence-corrected chi connectivity index (χ2v) is 5.89. The van der Waals surface area contributed by atoms with Crippen LogP contribution in [-0.2, 0) is 4.79 Å². The Balaban J connectivity index is 0.00000220. The highest BCUT2D eigenvalue weighted by atomic mass is 35.5. The zero-order chi connectivity index (χ0) is 14.5. The number of amides is 1. The predicted molar refractivity (Wildman–Crippen MR) is 89.9 cm³/mol. The highest BCUT2D eigenvalue weighted by Gasteiger charge is 2.22. The predicted octanol–water partition coefficient (Wildman–Crippen LogP) is 2.41. The van der Waals surface area contributed by atoms with Gasteiger partial charge in [-0.3, -0.25) is 9.69 Å². The third kappa shape index (κ3) is 5.65. The molecule has 1 atom stereocenters. The number of carbonyl (C=O) groups excluding carboxylic acids is 1. The minimum Gasteiger partial charge on any atom is -0.328 e. The van der Waals surface area contributed by atoms with Gasteiger partial charge in [-0.2, -0.15) is 0 Å². The molecule has 0 saturated carbocycles. The number of hydrogen-bond donors (Lipinski definition) is 2. The molecule has 0 spiro atoms. The van der Waals surface area contributed by atoms with E-state index in [2.05, 4.69) is 17.1 Å². The SMILES string of the molecule is Cc1cccc(NC(=O)CN2CCC(C(C)N)CC2)c1.Cl. The van der Waals surface area contributed by atoms with Gasteiger partial charge in [-0.15, -0.1) is 12.4 Å². The second kappa shape index (κ2) is 8.37. The van der Waals surface area contributed by atoms with Crippen LogP contribution in [-0.4, -0.2) is 36.5 Å². The van der Waals surface area contributed by atoms with Gasteiger partial charge < -0.3 is 11.1 Å². The molecule has 4 nitrogen and oxygen atoms in total. The summed E-state index contributed by atoms with van der Waals surface area (Å²) < 4.78 is 0. The number of nitrogens with two attached hydrogens (primary N) is 1. The van der Waals surface area contributed by atoms with Gasteiger partial charge in [0.1, 0.15) is 0 Å². The minimum atomic E-state index is 0. The largest absolute Gasteiger partial charge is 0.328 e. The Morgan fingerprint density at radius 2 is 2.10 bits per heavy atom. The van der Waals surface area contributed by atoms with E-state index < -0.39 is 0 Å². The molecule has 21 heavy (non-hydrogen) atoms. The first-order valence-electron chi connectivity index (χ1n) is 7.39. The maximum Gasteiger partial charge on any atom is 0.238 e. The van der Waals surface area contributed by atoms with E-state index in [-0.39, 0.29) is 24.4 Å². The summed E-state index contributed by atoms with van der Waals surface area (Å²) >= 11 is 0. The Morgan fingerprint density at radius 3 is 2.67 bits per heavy atom. The number of benzene rings is 1. The van der Waals surface area contributed by atoms with Gasteiger partial charge in [0.25, 0.3) is 0 Å². The van der Waals surface area contributed by atoms with Crippen molar-refractivity contribution in [2.75, 3.05) is 25.0 Å². The van der Waals surface area contributed by atoms with Crippen molar-refractivity contribution in [1.29, 1.82) is 0 Å². The van der Waals surface area contributed by atoms with Gasteiger partial charge in [-0.1, -0.05) is 12.1 Å². The van der Waals surface area contributed by atoms with E-state index in [1.54, 1.807) is 0 Å². The van der Waals surface area contributed by atoms with Crippen LogP contribution >= 0.6 is 12.4 Å². The number of aryl methyl sites for hydroxylation is 1. The van der Waals surface area contributed by atoms with Crippen LogP contribution in [0.3, 0.4) is 0 Å². The Labute approximate surface area is 133 Å². The molecule has 5 heteroatoms. The van der Waals surface area contributed by atoms with Crippen molar-refractivity contribution in [1.82, 2.24) is 4.90 Å². The van der Waals surface area contributed by atoms with E-state index >= 15 is 0 Å². The number of likely N-dealkylation sites (tertiary alicyclic amines) is 1. The summed E-state index contributed by atoms with van der Waals surface area (Å²) in [5.41, 5.74) is 7.96. The molecule has 1 unspecified atom stereocenters. The maximum atomic E-state index is 12.0. The maximum absolute atomic E-state index is 12.0. The van der Waals surface area contributed by atoms with Crippen LogP contribution in [0.25, 0.3) is 0 Å². The smallest absolute Gasteiger partial charge is 0.238 e.